The summed E-state index contributed by atoms with van der Waals surface area (Å²) in [4.78, 5) is 10.8. The lowest BCUT2D eigenvalue weighted by atomic mass is 9.83. The fraction of sp³-hybridized carbons (Fsp3) is 0.533. The van der Waals surface area contributed by atoms with Crippen molar-refractivity contribution in [2.75, 3.05) is 13.2 Å². The molecule has 1 N–H and O–H groups in total. The van der Waals surface area contributed by atoms with Crippen LogP contribution in [-0.4, -0.2) is 24.3 Å². The zero-order valence-corrected chi connectivity index (χ0v) is 11.4. The number of carbonyl (C=O) groups is 1. The minimum Gasteiger partial charge on any atom is -0.486 e. The molecular formula is C15H20O4. The number of carboxylic acids is 1. The van der Waals surface area contributed by atoms with Crippen LogP contribution in [0.1, 0.15) is 32.3 Å². The molecule has 0 fully saturated rings. The van der Waals surface area contributed by atoms with Crippen molar-refractivity contribution in [3.63, 3.8) is 0 Å². The van der Waals surface area contributed by atoms with E-state index in [-0.39, 0.29) is 11.8 Å². The molecule has 0 aromatic heterocycles. The van der Waals surface area contributed by atoms with Gasteiger partial charge in [0, 0.05) is 0 Å². The van der Waals surface area contributed by atoms with E-state index >= 15 is 0 Å². The molecule has 0 atom stereocenters. The highest BCUT2D eigenvalue weighted by atomic mass is 16.6. The van der Waals surface area contributed by atoms with E-state index in [0.29, 0.717) is 13.2 Å². The van der Waals surface area contributed by atoms with Crippen LogP contribution in [0.2, 0.25) is 0 Å². The van der Waals surface area contributed by atoms with Gasteiger partial charge in [0.15, 0.2) is 11.5 Å². The Morgan fingerprint density at radius 1 is 1.26 bits per heavy atom. The summed E-state index contributed by atoms with van der Waals surface area (Å²) < 4.78 is 11.0. The number of ether oxygens (including phenoxy) is 2. The van der Waals surface area contributed by atoms with E-state index in [2.05, 4.69) is 0 Å². The van der Waals surface area contributed by atoms with Gasteiger partial charge < -0.3 is 14.6 Å². The summed E-state index contributed by atoms with van der Waals surface area (Å²) in [5, 5.41) is 8.87. The van der Waals surface area contributed by atoms with Crippen LogP contribution >= 0.6 is 0 Å². The SMILES string of the molecule is CC(C)(CCc1ccc2c(c1)OCCO2)CC(=O)O. The first-order valence-electron chi connectivity index (χ1n) is 6.57. The van der Waals surface area contributed by atoms with E-state index < -0.39 is 5.97 Å². The van der Waals surface area contributed by atoms with Crippen molar-refractivity contribution < 1.29 is 19.4 Å². The van der Waals surface area contributed by atoms with Crippen LogP contribution < -0.4 is 9.47 Å². The Labute approximate surface area is 113 Å². The van der Waals surface area contributed by atoms with Crippen LogP contribution in [0.3, 0.4) is 0 Å². The maximum absolute atomic E-state index is 10.8. The minimum atomic E-state index is -0.743. The van der Waals surface area contributed by atoms with Gasteiger partial charge in [0.25, 0.3) is 0 Å². The molecule has 0 saturated heterocycles. The number of aryl methyl sites for hydroxylation is 1. The van der Waals surface area contributed by atoms with E-state index in [0.717, 1.165) is 29.9 Å². The van der Waals surface area contributed by atoms with E-state index in [1.165, 1.54) is 0 Å². The first-order valence-corrected chi connectivity index (χ1v) is 6.57. The normalized spacial score (nSPS) is 14.2. The predicted molar refractivity (Wildman–Crippen MR) is 71.8 cm³/mol. The molecule has 104 valence electrons. The van der Waals surface area contributed by atoms with Gasteiger partial charge in [0.1, 0.15) is 13.2 Å². The van der Waals surface area contributed by atoms with Gasteiger partial charge in [-0.1, -0.05) is 19.9 Å². The molecular weight excluding hydrogens is 244 g/mol. The summed E-state index contributed by atoms with van der Waals surface area (Å²) >= 11 is 0. The first kappa shape index (κ1) is 13.7. The van der Waals surface area contributed by atoms with Crippen molar-refractivity contribution >= 4 is 5.97 Å². The summed E-state index contributed by atoms with van der Waals surface area (Å²) in [6.07, 6.45) is 1.87. The van der Waals surface area contributed by atoms with Crippen LogP contribution in [0.4, 0.5) is 0 Å². The number of benzene rings is 1. The Bertz CT molecular complexity index is 465. The Morgan fingerprint density at radius 2 is 1.95 bits per heavy atom. The molecule has 0 amide bonds. The Balaban J connectivity index is 1.98. The van der Waals surface area contributed by atoms with Crippen LogP contribution in [-0.2, 0) is 11.2 Å². The molecule has 0 spiro atoms. The molecule has 2 rings (SSSR count). The smallest absolute Gasteiger partial charge is 0.303 e. The predicted octanol–water partition coefficient (Wildman–Crippen LogP) is 2.89. The highest BCUT2D eigenvalue weighted by Gasteiger charge is 2.22. The molecule has 0 unspecified atom stereocenters. The lowest BCUT2D eigenvalue weighted by Gasteiger charge is -2.23. The fourth-order valence-corrected chi connectivity index (χ4v) is 2.22. The summed E-state index contributed by atoms with van der Waals surface area (Å²) in [5.74, 6) is 0.840. The Hall–Kier alpha value is -1.71. The van der Waals surface area contributed by atoms with Gasteiger partial charge in [-0.25, -0.2) is 0 Å². The third-order valence-corrected chi connectivity index (χ3v) is 3.33. The largest absolute Gasteiger partial charge is 0.486 e. The average Bonchev–Trinajstić information content (AvgIpc) is 2.35. The maximum atomic E-state index is 10.8. The molecule has 0 saturated carbocycles. The standard InChI is InChI=1S/C15H20O4/c1-15(2,10-14(16)17)6-5-11-3-4-12-13(9-11)19-8-7-18-12/h3-4,9H,5-8,10H2,1-2H3,(H,16,17). The molecule has 1 heterocycles. The molecule has 1 aromatic rings. The first-order chi connectivity index (χ1) is 8.96. The molecule has 19 heavy (non-hydrogen) atoms. The van der Waals surface area contributed by atoms with Gasteiger partial charge in [0.05, 0.1) is 6.42 Å². The van der Waals surface area contributed by atoms with E-state index in [4.69, 9.17) is 14.6 Å². The summed E-state index contributed by atoms with van der Waals surface area (Å²) in [6.45, 7) is 5.15. The van der Waals surface area contributed by atoms with Crippen molar-refractivity contribution in [2.45, 2.75) is 33.1 Å². The number of rotatable bonds is 5. The number of carboxylic acid groups (broad SMARTS) is 1. The number of hydrogen-bond donors (Lipinski definition) is 1. The lowest BCUT2D eigenvalue weighted by molar-refractivity contribution is -0.139. The third kappa shape index (κ3) is 3.88. The highest BCUT2D eigenvalue weighted by Crippen LogP contribution is 2.33. The number of fused-ring (bicyclic) bond motifs is 1. The van der Waals surface area contributed by atoms with Crippen molar-refractivity contribution in [1.29, 1.82) is 0 Å². The topological polar surface area (TPSA) is 55.8 Å². The van der Waals surface area contributed by atoms with E-state index in [1.807, 2.05) is 32.0 Å². The zero-order chi connectivity index (χ0) is 13.9. The monoisotopic (exact) mass is 264 g/mol. The van der Waals surface area contributed by atoms with Crippen LogP contribution in [0.15, 0.2) is 18.2 Å². The summed E-state index contributed by atoms with van der Waals surface area (Å²) in [5.41, 5.74) is 0.960. The van der Waals surface area contributed by atoms with Gasteiger partial charge in [-0.2, -0.15) is 0 Å². The second-order valence-electron chi connectivity index (χ2n) is 5.71. The van der Waals surface area contributed by atoms with Crippen molar-refractivity contribution in [3.05, 3.63) is 23.8 Å². The van der Waals surface area contributed by atoms with Crippen LogP contribution in [0.5, 0.6) is 11.5 Å². The van der Waals surface area contributed by atoms with Crippen molar-refractivity contribution in [2.24, 2.45) is 5.41 Å². The van der Waals surface area contributed by atoms with Crippen molar-refractivity contribution in [3.8, 4) is 11.5 Å². The summed E-state index contributed by atoms with van der Waals surface area (Å²) in [7, 11) is 0. The van der Waals surface area contributed by atoms with Gasteiger partial charge in [0.2, 0.25) is 0 Å². The van der Waals surface area contributed by atoms with Gasteiger partial charge >= 0.3 is 5.97 Å². The Kier molecular flexibility index (Phi) is 3.98. The molecule has 1 aliphatic heterocycles. The van der Waals surface area contributed by atoms with Gasteiger partial charge in [-0.05, 0) is 36.0 Å². The van der Waals surface area contributed by atoms with Gasteiger partial charge in [-0.15, -0.1) is 0 Å². The van der Waals surface area contributed by atoms with Crippen LogP contribution in [0, 0.1) is 5.41 Å². The molecule has 1 aliphatic rings. The van der Waals surface area contributed by atoms with Gasteiger partial charge in [-0.3, -0.25) is 4.79 Å². The maximum Gasteiger partial charge on any atom is 0.303 e. The molecule has 4 nitrogen and oxygen atoms in total. The summed E-state index contributed by atoms with van der Waals surface area (Å²) in [6, 6.07) is 5.93. The number of aliphatic carboxylic acids is 1. The minimum absolute atomic E-state index is 0.192. The molecule has 1 aromatic carbocycles. The molecule has 0 aliphatic carbocycles. The van der Waals surface area contributed by atoms with Crippen LogP contribution in [0.25, 0.3) is 0 Å². The second-order valence-corrected chi connectivity index (χ2v) is 5.71. The second kappa shape index (κ2) is 5.51. The van der Waals surface area contributed by atoms with E-state index in [9.17, 15) is 4.79 Å². The third-order valence-electron chi connectivity index (χ3n) is 3.33. The average molecular weight is 264 g/mol. The fourth-order valence-electron chi connectivity index (χ4n) is 2.22. The highest BCUT2D eigenvalue weighted by molar-refractivity contribution is 5.67. The molecule has 0 bridgehead atoms. The molecule has 4 heteroatoms. The number of hydrogen-bond acceptors (Lipinski definition) is 3. The quantitative estimate of drug-likeness (QED) is 0.888. The lowest BCUT2D eigenvalue weighted by Crippen LogP contribution is -2.18. The zero-order valence-electron chi connectivity index (χ0n) is 11.4. The molecule has 0 radical (unpaired) electrons. The van der Waals surface area contributed by atoms with Crippen molar-refractivity contribution in [1.82, 2.24) is 0 Å². The Morgan fingerprint density at radius 3 is 2.63 bits per heavy atom. The van der Waals surface area contributed by atoms with E-state index in [1.54, 1.807) is 0 Å².